The van der Waals surface area contributed by atoms with Crippen molar-refractivity contribution < 1.29 is 0 Å². The van der Waals surface area contributed by atoms with E-state index >= 15 is 0 Å². The highest BCUT2D eigenvalue weighted by molar-refractivity contribution is 7.19. The largest absolute Gasteiger partial charge is 0.372 e. The molecular formula is C14H12ClN3S. The highest BCUT2D eigenvalue weighted by Crippen LogP contribution is 2.40. The van der Waals surface area contributed by atoms with Gasteiger partial charge in [-0.15, -0.1) is 11.3 Å². The molecule has 0 aliphatic heterocycles. The van der Waals surface area contributed by atoms with Crippen LogP contribution < -0.4 is 5.32 Å². The maximum atomic E-state index is 5.95. The van der Waals surface area contributed by atoms with Gasteiger partial charge >= 0.3 is 0 Å². The molecule has 0 unspecified atom stereocenters. The molecular weight excluding hydrogens is 278 g/mol. The Balaban J connectivity index is 2.39. The summed E-state index contributed by atoms with van der Waals surface area (Å²) in [4.78, 5) is 10.7. The van der Waals surface area contributed by atoms with Crippen LogP contribution in [0.15, 0.2) is 30.3 Å². The number of hydrogen-bond acceptors (Lipinski definition) is 4. The maximum Gasteiger partial charge on any atom is 0.225 e. The Hall–Kier alpha value is -1.65. The molecule has 0 bridgehead atoms. The second-order valence-corrected chi connectivity index (χ2v) is 5.71. The van der Waals surface area contributed by atoms with Crippen LogP contribution in [0.4, 0.5) is 5.82 Å². The fourth-order valence-corrected chi connectivity index (χ4v) is 3.48. The van der Waals surface area contributed by atoms with Crippen molar-refractivity contribution in [3.05, 3.63) is 40.5 Å². The van der Waals surface area contributed by atoms with Gasteiger partial charge in [0.2, 0.25) is 5.28 Å². The lowest BCUT2D eigenvalue weighted by atomic mass is 10.0. The summed E-state index contributed by atoms with van der Waals surface area (Å²) in [6.07, 6.45) is 0. The normalized spacial score (nSPS) is 10.9. The summed E-state index contributed by atoms with van der Waals surface area (Å²) in [7, 11) is 1.85. The molecule has 0 saturated heterocycles. The van der Waals surface area contributed by atoms with Crippen LogP contribution >= 0.6 is 22.9 Å². The van der Waals surface area contributed by atoms with Crippen molar-refractivity contribution in [2.75, 3.05) is 12.4 Å². The molecule has 2 aromatic heterocycles. The molecule has 0 aliphatic rings. The van der Waals surface area contributed by atoms with E-state index < -0.39 is 0 Å². The molecule has 5 heteroatoms. The van der Waals surface area contributed by atoms with Crippen molar-refractivity contribution in [1.82, 2.24) is 9.97 Å². The third-order valence-electron chi connectivity index (χ3n) is 3.00. The Morgan fingerprint density at radius 2 is 1.89 bits per heavy atom. The van der Waals surface area contributed by atoms with Gasteiger partial charge in [0.1, 0.15) is 10.6 Å². The third kappa shape index (κ3) is 2.07. The van der Waals surface area contributed by atoms with E-state index in [0.29, 0.717) is 0 Å². The molecule has 1 N–H and O–H groups in total. The van der Waals surface area contributed by atoms with E-state index in [9.17, 15) is 0 Å². The summed E-state index contributed by atoms with van der Waals surface area (Å²) in [6, 6.07) is 10.3. The molecule has 96 valence electrons. The number of rotatable bonds is 2. The Morgan fingerprint density at radius 3 is 2.58 bits per heavy atom. The quantitative estimate of drug-likeness (QED) is 0.712. The first-order valence-electron chi connectivity index (χ1n) is 5.90. The average molecular weight is 290 g/mol. The van der Waals surface area contributed by atoms with Crippen LogP contribution in [0.1, 0.15) is 4.88 Å². The summed E-state index contributed by atoms with van der Waals surface area (Å²) < 4.78 is 0. The fourth-order valence-electron chi connectivity index (χ4n) is 2.22. The van der Waals surface area contributed by atoms with Crippen molar-refractivity contribution in [3.63, 3.8) is 0 Å². The molecule has 0 fully saturated rings. The van der Waals surface area contributed by atoms with Gasteiger partial charge in [-0.2, -0.15) is 0 Å². The molecule has 19 heavy (non-hydrogen) atoms. The minimum atomic E-state index is 0.276. The van der Waals surface area contributed by atoms with Crippen molar-refractivity contribution in [1.29, 1.82) is 0 Å². The minimum absolute atomic E-state index is 0.276. The predicted molar refractivity (Wildman–Crippen MR) is 82.1 cm³/mol. The van der Waals surface area contributed by atoms with Gasteiger partial charge in [0.25, 0.3) is 0 Å². The molecule has 1 aromatic carbocycles. The second-order valence-electron chi connectivity index (χ2n) is 4.17. The first-order valence-corrected chi connectivity index (χ1v) is 7.10. The zero-order valence-electron chi connectivity index (χ0n) is 10.6. The molecule has 3 rings (SSSR count). The highest BCUT2D eigenvalue weighted by Gasteiger charge is 2.17. The summed E-state index contributed by atoms with van der Waals surface area (Å²) in [5.74, 6) is 0.776. The zero-order chi connectivity index (χ0) is 13.4. The summed E-state index contributed by atoms with van der Waals surface area (Å²) >= 11 is 7.60. The third-order valence-corrected chi connectivity index (χ3v) is 4.17. The molecule has 0 aliphatic carbocycles. The number of thiophene rings is 1. The molecule has 0 amide bonds. The standard InChI is InChI=1S/C14H12ClN3S/c1-8-10(9-6-4-3-5-7-9)11-12(16-2)17-14(15)18-13(11)19-8/h3-7H,1-2H3,(H,16,17,18). The monoisotopic (exact) mass is 289 g/mol. The second kappa shape index (κ2) is 4.79. The van der Waals surface area contributed by atoms with Crippen LogP contribution in [0, 0.1) is 6.92 Å². The van der Waals surface area contributed by atoms with Crippen molar-refractivity contribution in [2.24, 2.45) is 0 Å². The lowest BCUT2D eigenvalue weighted by molar-refractivity contribution is 1.22. The van der Waals surface area contributed by atoms with Gasteiger partial charge in [0, 0.05) is 17.5 Å². The van der Waals surface area contributed by atoms with Crippen molar-refractivity contribution in [2.45, 2.75) is 6.92 Å². The van der Waals surface area contributed by atoms with Crippen molar-refractivity contribution >= 4 is 39.0 Å². The molecule has 0 spiro atoms. The first kappa shape index (κ1) is 12.4. The van der Waals surface area contributed by atoms with E-state index in [-0.39, 0.29) is 5.28 Å². The summed E-state index contributed by atoms with van der Waals surface area (Å²) in [5, 5.41) is 4.42. The number of anilines is 1. The summed E-state index contributed by atoms with van der Waals surface area (Å²) in [6.45, 7) is 2.10. The Labute approximate surface area is 120 Å². The highest BCUT2D eigenvalue weighted by atomic mass is 35.5. The molecule has 3 aromatic rings. The van der Waals surface area contributed by atoms with Gasteiger partial charge < -0.3 is 5.32 Å². The number of nitrogens with zero attached hydrogens (tertiary/aromatic N) is 2. The molecule has 3 nitrogen and oxygen atoms in total. The topological polar surface area (TPSA) is 37.8 Å². The summed E-state index contributed by atoms with van der Waals surface area (Å²) in [5.41, 5.74) is 2.36. The molecule has 0 atom stereocenters. The Bertz CT molecular complexity index is 737. The van der Waals surface area contributed by atoms with Gasteiger partial charge in [-0.1, -0.05) is 30.3 Å². The van der Waals surface area contributed by atoms with Crippen LogP contribution in [0.3, 0.4) is 0 Å². The van der Waals surface area contributed by atoms with Crippen LogP contribution in [0.25, 0.3) is 21.3 Å². The minimum Gasteiger partial charge on any atom is -0.372 e. The van der Waals surface area contributed by atoms with E-state index in [1.54, 1.807) is 11.3 Å². The number of hydrogen-bond donors (Lipinski definition) is 1. The fraction of sp³-hybridized carbons (Fsp3) is 0.143. The first-order chi connectivity index (χ1) is 9.20. The average Bonchev–Trinajstić information content (AvgIpc) is 2.74. The van der Waals surface area contributed by atoms with Gasteiger partial charge in [-0.25, -0.2) is 9.97 Å². The van der Waals surface area contributed by atoms with Gasteiger partial charge in [-0.05, 0) is 24.1 Å². The zero-order valence-corrected chi connectivity index (χ0v) is 12.1. The van der Waals surface area contributed by atoms with E-state index in [1.807, 2.05) is 25.2 Å². The SMILES string of the molecule is CNc1nc(Cl)nc2sc(C)c(-c3ccccc3)c12. The molecule has 2 heterocycles. The van der Waals surface area contributed by atoms with Crippen LogP contribution in [0.2, 0.25) is 5.28 Å². The van der Waals surface area contributed by atoms with Crippen LogP contribution in [-0.2, 0) is 0 Å². The number of halogens is 1. The van der Waals surface area contributed by atoms with Crippen molar-refractivity contribution in [3.8, 4) is 11.1 Å². The van der Waals surface area contributed by atoms with Gasteiger partial charge in [0.05, 0.1) is 5.39 Å². The lowest BCUT2D eigenvalue weighted by Gasteiger charge is -2.06. The predicted octanol–water partition coefficient (Wildman–Crippen LogP) is 4.36. The number of benzene rings is 1. The smallest absolute Gasteiger partial charge is 0.225 e. The van der Waals surface area contributed by atoms with E-state index in [0.717, 1.165) is 16.0 Å². The Kier molecular flexibility index (Phi) is 3.12. The lowest BCUT2D eigenvalue weighted by Crippen LogP contribution is -1.95. The Morgan fingerprint density at radius 1 is 1.16 bits per heavy atom. The van der Waals surface area contributed by atoms with E-state index in [1.165, 1.54) is 16.0 Å². The number of aromatic nitrogens is 2. The molecule has 0 radical (unpaired) electrons. The van der Waals surface area contributed by atoms with Gasteiger partial charge in [0.15, 0.2) is 0 Å². The van der Waals surface area contributed by atoms with E-state index in [2.05, 4.69) is 34.3 Å². The molecule has 0 saturated carbocycles. The van der Waals surface area contributed by atoms with Crippen LogP contribution in [-0.4, -0.2) is 17.0 Å². The number of aryl methyl sites for hydroxylation is 1. The van der Waals surface area contributed by atoms with Crippen LogP contribution in [0.5, 0.6) is 0 Å². The van der Waals surface area contributed by atoms with Gasteiger partial charge in [-0.3, -0.25) is 0 Å². The van der Waals surface area contributed by atoms with E-state index in [4.69, 9.17) is 11.6 Å². The number of fused-ring (bicyclic) bond motifs is 1. The number of nitrogens with one attached hydrogen (secondary N) is 1. The maximum absolute atomic E-state index is 5.95.